The molecule has 5 heteroatoms. The molecule has 19 heavy (non-hydrogen) atoms. The van der Waals surface area contributed by atoms with Crippen LogP contribution in [0.25, 0.3) is 0 Å². The highest BCUT2D eigenvalue weighted by molar-refractivity contribution is 6.33. The van der Waals surface area contributed by atoms with E-state index in [0.717, 1.165) is 0 Å². The number of nitrogens with two attached hydrogens (primary N) is 1. The van der Waals surface area contributed by atoms with E-state index in [1.807, 2.05) is 0 Å². The van der Waals surface area contributed by atoms with E-state index in [-0.39, 0.29) is 11.5 Å². The molecule has 0 radical (unpaired) electrons. The Hall–Kier alpha value is -2.07. The van der Waals surface area contributed by atoms with E-state index in [1.54, 1.807) is 12.1 Å². The van der Waals surface area contributed by atoms with Crippen molar-refractivity contribution in [3.8, 4) is 5.75 Å². The number of carbonyl (C=O) groups is 1. The Labute approximate surface area is 114 Å². The van der Waals surface area contributed by atoms with Gasteiger partial charge in [-0.05, 0) is 36.4 Å². The lowest BCUT2D eigenvalue weighted by Gasteiger charge is -2.06. The minimum Gasteiger partial charge on any atom is -0.494 e. The number of ether oxygens (including phenoxy) is 1. The van der Waals surface area contributed by atoms with E-state index in [0.29, 0.717) is 21.8 Å². The fourth-order valence-corrected chi connectivity index (χ4v) is 1.82. The van der Waals surface area contributed by atoms with Crippen LogP contribution < -0.4 is 10.5 Å². The molecular weight excluding hydrogens is 269 g/mol. The standard InChI is InChI=1S/C14H11ClFNO2/c1-19-13-7-9(2-4-11(13)16)14(18)8-3-5-12(17)10(15)6-8/h2-7H,17H2,1H3. The number of nitrogen functional groups attached to an aromatic ring is 1. The van der Waals surface area contributed by atoms with Gasteiger partial charge in [-0.2, -0.15) is 0 Å². The van der Waals surface area contributed by atoms with Gasteiger partial charge < -0.3 is 10.5 Å². The van der Waals surface area contributed by atoms with Crippen LogP contribution in [0.1, 0.15) is 15.9 Å². The van der Waals surface area contributed by atoms with Crippen LogP contribution in [0.2, 0.25) is 5.02 Å². The molecular formula is C14H11ClFNO2. The van der Waals surface area contributed by atoms with Crippen molar-refractivity contribution in [1.29, 1.82) is 0 Å². The summed E-state index contributed by atoms with van der Waals surface area (Å²) in [6, 6.07) is 8.53. The molecule has 2 rings (SSSR count). The van der Waals surface area contributed by atoms with Gasteiger partial charge in [-0.15, -0.1) is 0 Å². The summed E-state index contributed by atoms with van der Waals surface area (Å²) in [4.78, 5) is 12.2. The minimum absolute atomic E-state index is 0.0207. The highest BCUT2D eigenvalue weighted by atomic mass is 35.5. The summed E-state index contributed by atoms with van der Waals surface area (Å²) in [5, 5.41) is 0.305. The zero-order valence-corrected chi connectivity index (χ0v) is 10.9. The molecule has 0 spiro atoms. The Morgan fingerprint density at radius 3 is 2.47 bits per heavy atom. The van der Waals surface area contributed by atoms with E-state index in [9.17, 15) is 9.18 Å². The van der Waals surface area contributed by atoms with Crippen molar-refractivity contribution in [2.24, 2.45) is 0 Å². The number of halogens is 2. The third kappa shape index (κ3) is 2.69. The predicted molar refractivity (Wildman–Crippen MR) is 72.2 cm³/mol. The summed E-state index contributed by atoms with van der Waals surface area (Å²) < 4.78 is 18.1. The summed E-state index contributed by atoms with van der Waals surface area (Å²) in [5.74, 6) is -0.776. The maximum Gasteiger partial charge on any atom is 0.193 e. The Morgan fingerprint density at radius 2 is 1.84 bits per heavy atom. The quantitative estimate of drug-likeness (QED) is 0.693. The number of rotatable bonds is 3. The number of hydrogen-bond donors (Lipinski definition) is 1. The molecule has 2 aromatic rings. The maximum atomic E-state index is 13.3. The Morgan fingerprint density at radius 1 is 1.21 bits per heavy atom. The number of hydrogen-bond acceptors (Lipinski definition) is 3. The number of benzene rings is 2. The first-order valence-electron chi connectivity index (χ1n) is 5.46. The minimum atomic E-state index is -0.519. The average Bonchev–Trinajstić information content (AvgIpc) is 2.41. The lowest BCUT2D eigenvalue weighted by Crippen LogP contribution is -2.03. The second kappa shape index (κ2) is 5.28. The Balaban J connectivity index is 2.41. The summed E-state index contributed by atoms with van der Waals surface area (Å²) in [7, 11) is 1.34. The lowest BCUT2D eigenvalue weighted by molar-refractivity contribution is 0.103. The van der Waals surface area contributed by atoms with Gasteiger partial charge in [0.15, 0.2) is 17.3 Å². The van der Waals surface area contributed by atoms with Gasteiger partial charge in [-0.1, -0.05) is 11.6 Å². The molecule has 0 aliphatic heterocycles. The molecule has 3 nitrogen and oxygen atoms in total. The Bertz CT molecular complexity index is 643. The highest BCUT2D eigenvalue weighted by Gasteiger charge is 2.13. The van der Waals surface area contributed by atoms with Gasteiger partial charge in [0.1, 0.15) is 0 Å². The number of carbonyl (C=O) groups excluding carboxylic acids is 1. The summed E-state index contributed by atoms with van der Waals surface area (Å²) in [6.45, 7) is 0. The Kier molecular flexibility index (Phi) is 3.71. The molecule has 0 saturated heterocycles. The first-order chi connectivity index (χ1) is 9.02. The second-order valence-corrected chi connectivity index (χ2v) is 4.32. The molecule has 0 aromatic heterocycles. The topological polar surface area (TPSA) is 52.3 Å². The molecule has 0 atom stereocenters. The first-order valence-corrected chi connectivity index (χ1v) is 5.84. The fourth-order valence-electron chi connectivity index (χ4n) is 1.64. The second-order valence-electron chi connectivity index (χ2n) is 3.91. The van der Waals surface area contributed by atoms with Crippen LogP contribution in [0.5, 0.6) is 5.75 Å². The van der Waals surface area contributed by atoms with Gasteiger partial charge in [0.25, 0.3) is 0 Å². The third-order valence-corrected chi connectivity index (χ3v) is 3.00. The van der Waals surface area contributed by atoms with Crippen LogP contribution in [0, 0.1) is 5.82 Å². The molecule has 0 amide bonds. The van der Waals surface area contributed by atoms with Gasteiger partial charge in [-0.3, -0.25) is 4.79 Å². The van der Waals surface area contributed by atoms with Crippen molar-refractivity contribution in [2.45, 2.75) is 0 Å². The van der Waals surface area contributed by atoms with E-state index >= 15 is 0 Å². The van der Waals surface area contributed by atoms with E-state index in [1.165, 1.54) is 31.4 Å². The number of methoxy groups -OCH3 is 1. The van der Waals surface area contributed by atoms with Crippen LogP contribution in [0.4, 0.5) is 10.1 Å². The SMILES string of the molecule is COc1cc(C(=O)c2ccc(N)c(Cl)c2)ccc1F. The van der Waals surface area contributed by atoms with Crippen molar-refractivity contribution >= 4 is 23.1 Å². The van der Waals surface area contributed by atoms with E-state index in [4.69, 9.17) is 22.1 Å². The number of anilines is 1. The predicted octanol–water partition coefficient (Wildman–Crippen LogP) is 3.30. The molecule has 0 aliphatic carbocycles. The third-order valence-electron chi connectivity index (χ3n) is 2.68. The van der Waals surface area contributed by atoms with Gasteiger partial charge in [0, 0.05) is 11.1 Å². The largest absolute Gasteiger partial charge is 0.494 e. The average molecular weight is 280 g/mol. The van der Waals surface area contributed by atoms with Crippen LogP contribution in [0.15, 0.2) is 36.4 Å². The van der Waals surface area contributed by atoms with Crippen LogP contribution in [-0.4, -0.2) is 12.9 Å². The monoisotopic (exact) mass is 279 g/mol. The molecule has 0 bridgehead atoms. The van der Waals surface area contributed by atoms with Gasteiger partial charge in [-0.25, -0.2) is 4.39 Å². The fraction of sp³-hybridized carbons (Fsp3) is 0.0714. The highest BCUT2D eigenvalue weighted by Crippen LogP contribution is 2.24. The zero-order chi connectivity index (χ0) is 14.0. The molecule has 0 saturated carbocycles. The van der Waals surface area contributed by atoms with Gasteiger partial charge in [0.05, 0.1) is 17.8 Å². The van der Waals surface area contributed by atoms with Crippen molar-refractivity contribution < 1.29 is 13.9 Å². The summed E-state index contributed by atoms with van der Waals surface area (Å²) in [5.41, 5.74) is 6.68. The van der Waals surface area contributed by atoms with Crippen molar-refractivity contribution in [3.63, 3.8) is 0 Å². The molecule has 0 unspecified atom stereocenters. The lowest BCUT2D eigenvalue weighted by atomic mass is 10.0. The molecule has 2 aromatic carbocycles. The smallest absolute Gasteiger partial charge is 0.193 e. The molecule has 0 fully saturated rings. The van der Waals surface area contributed by atoms with Crippen molar-refractivity contribution in [3.05, 3.63) is 58.4 Å². The molecule has 98 valence electrons. The zero-order valence-electron chi connectivity index (χ0n) is 10.1. The molecule has 0 heterocycles. The van der Waals surface area contributed by atoms with Crippen molar-refractivity contribution in [2.75, 3.05) is 12.8 Å². The van der Waals surface area contributed by atoms with Crippen molar-refractivity contribution in [1.82, 2.24) is 0 Å². The van der Waals surface area contributed by atoms with Gasteiger partial charge in [0.2, 0.25) is 0 Å². The van der Waals surface area contributed by atoms with Crippen LogP contribution in [0.3, 0.4) is 0 Å². The van der Waals surface area contributed by atoms with Crippen LogP contribution in [-0.2, 0) is 0 Å². The summed E-state index contributed by atoms with van der Waals surface area (Å²) in [6.07, 6.45) is 0. The summed E-state index contributed by atoms with van der Waals surface area (Å²) >= 11 is 5.87. The molecule has 0 aliphatic rings. The van der Waals surface area contributed by atoms with E-state index < -0.39 is 5.82 Å². The van der Waals surface area contributed by atoms with Gasteiger partial charge >= 0.3 is 0 Å². The number of ketones is 1. The molecule has 2 N–H and O–H groups in total. The normalized spacial score (nSPS) is 10.3. The van der Waals surface area contributed by atoms with E-state index in [2.05, 4.69) is 0 Å². The first kappa shape index (κ1) is 13.4. The van der Waals surface area contributed by atoms with Crippen LogP contribution >= 0.6 is 11.6 Å². The maximum absolute atomic E-state index is 13.3.